The summed E-state index contributed by atoms with van der Waals surface area (Å²) in [4.78, 5) is 41.4. The third kappa shape index (κ3) is 7.07. The molecule has 2 amide bonds. The Kier molecular flexibility index (Phi) is 9.28. The van der Waals surface area contributed by atoms with Gasteiger partial charge in [-0.3, -0.25) is 9.59 Å². The van der Waals surface area contributed by atoms with Crippen LogP contribution in [0.25, 0.3) is 11.1 Å². The molecule has 1 N–H and O–H groups in total. The number of nitrogens with one attached hydrogen (secondary N) is 1. The zero-order valence-electron chi connectivity index (χ0n) is 26.2. The standard InChI is InChI=1S/C36H42N2O6/c1-36(2,3)44-35(41)37-32(20-23-14-18-26(42-5)19-15-23)33(39)38(4)25-17-16-24(21-25)34(40)43-22-31-29-12-8-6-10-27(29)28-11-7-9-13-30(28)31/h6-15,18-19,24-25,31-32H,16-17,20-22H2,1-5H3,(H,37,41)/t24-,25+,32-/m1/s1. The number of carbonyl (C=O) groups is 3. The first-order valence-corrected chi connectivity index (χ1v) is 15.3. The van der Waals surface area contributed by atoms with E-state index in [9.17, 15) is 14.4 Å². The SMILES string of the molecule is COc1ccc(C[C@@H](NC(=O)OC(C)(C)C)C(=O)N(C)[C@H]2CC[C@@H](C(=O)OCC3c4ccccc4-c4ccccc43)C2)cc1. The first-order chi connectivity index (χ1) is 21.0. The van der Waals surface area contributed by atoms with Crippen LogP contribution in [0.4, 0.5) is 4.79 Å². The maximum absolute atomic E-state index is 13.8. The Morgan fingerprint density at radius 1 is 0.909 bits per heavy atom. The topological polar surface area (TPSA) is 94.2 Å². The highest BCUT2D eigenvalue weighted by atomic mass is 16.6. The number of carbonyl (C=O) groups excluding carboxylic acids is 3. The van der Waals surface area contributed by atoms with Gasteiger partial charge in [-0.05, 0) is 80.0 Å². The van der Waals surface area contributed by atoms with Crippen LogP contribution < -0.4 is 10.1 Å². The van der Waals surface area contributed by atoms with E-state index in [1.807, 2.05) is 48.5 Å². The Morgan fingerprint density at radius 2 is 1.52 bits per heavy atom. The van der Waals surface area contributed by atoms with Crippen LogP contribution in [0.3, 0.4) is 0 Å². The summed E-state index contributed by atoms with van der Waals surface area (Å²) in [5.74, 6) is -0.0350. The van der Waals surface area contributed by atoms with Crippen LogP contribution in [0.1, 0.15) is 62.6 Å². The van der Waals surface area contributed by atoms with E-state index >= 15 is 0 Å². The van der Waals surface area contributed by atoms with E-state index in [1.54, 1.807) is 39.8 Å². The van der Waals surface area contributed by atoms with Crippen molar-refractivity contribution < 1.29 is 28.6 Å². The summed E-state index contributed by atoms with van der Waals surface area (Å²) < 4.78 is 16.6. The Morgan fingerprint density at radius 3 is 2.11 bits per heavy atom. The predicted octanol–water partition coefficient (Wildman–Crippen LogP) is 6.11. The number of likely N-dealkylation sites (N-methyl/N-ethyl adjacent to an activating group) is 1. The molecule has 0 heterocycles. The van der Waals surface area contributed by atoms with Crippen molar-refractivity contribution in [3.63, 3.8) is 0 Å². The van der Waals surface area contributed by atoms with Crippen LogP contribution in [0.2, 0.25) is 0 Å². The number of benzene rings is 3. The molecule has 44 heavy (non-hydrogen) atoms. The molecule has 3 atom stereocenters. The minimum atomic E-state index is -0.836. The summed E-state index contributed by atoms with van der Waals surface area (Å²) >= 11 is 0. The number of esters is 1. The zero-order chi connectivity index (χ0) is 31.4. The van der Waals surface area contributed by atoms with Gasteiger partial charge < -0.3 is 24.4 Å². The van der Waals surface area contributed by atoms with E-state index < -0.39 is 17.7 Å². The Balaban J connectivity index is 1.21. The van der Waals surface area contributed by atoms with Gasteiger partial charge in [0, 0.05) is 25.4 Å². The molecular weight excluding hydrogens is 556 g/mol. The lowest BCUT2D eigenvalue weighted by atomic mass is 9.98. The van der Waals surface area contributed by atoms with Gasteiger partial charge in [-0.2, -0.15) is 0 Å². The highest BCUT2D eigenvalue weighted by Gasteiger charge is 2.38. The van der Waals surface area contributed by atoms with Crippen molar-refractivity contribution in [2.75, 3.05) is 20.8 Å². The van der Waals surface area contributed by atoms with E-state index in [-0.39, 0.29) is 42.8 Å². The molecule has 0 spiro atoms. The minimum Gasteiger partial charge on any atom is -0.497 e. The van der Waals surface area contributed by atoms with Crippen molar-refractivity contribution in [3.8, 4) is 16.9 Å². The van der Waals surface area contributed by atoms with Crippen molar-refractivity contribution in [2.45, 2.75) is 70.1 Å². The highest BCUT2D eigenvalue weighted by Crippen LogP contribution is 2.44. The van der Waals surface area contributed by atoms with Gasteiger partial charge in [-0.1, -0.05) is 60.7 Å². The molecule has 0 aromatic heterocycles. The number of hydrogen-bond donors (Lipinski definition) is 1. The normalized spacial score (nSPS) is 18.1. The van der Waals surface area contributed by atoms with Crippen LogP contribution in [-0.2, 0) is 25.5 Å². The van der Waals surface area contributed by atoms with Gasteiger partial charge in [-0.15, -0.1) is 0 Å². The Labute approximate surface area is 259 Å². The van der Waals surface area contributed by atoms with E-state index in [2.05, 4.69) is 29.6 Å². The molecule has 0 aliphatic heterocycles. The molecule has 2 aliphatic carbocycles. The lowest BCUT2D eigenvalue weighted by Gasteiger charge is -2.30. The first kappa shape index (κ1) is 31.1. The molecule has 2 aliphatic rings. The predicted molar refractivity (Wildman–Crippen MR) is 168 cm³/mol. The molecule has 0 unspecified atom stereocenters. The second-order valence-corrected chi connectivity index (χ2v) is 12.7. The smallest absolute Gasteiger partial charge is 0.408 e. The Bertz CT molecular complexity index is 1450. The highest BCUT2D eigenvalue weighted by molar-refractivity contribution is 5.86. The second-order valence-electron chi connectivity index (χ2n) is 12.7. The summed E-state index contributed by atoms with van der Waals surface area (Å²) in [7, 11) is 3.34. The fourth-order valence-electron chi connectivity index (χ4n) is 6.32. The van der Waals surface area contributed by atoms with Gasteiger partial charge in [0.25, 0.3) is 0 Å². The van der Waals surface area contributed by atoms with Gasteiger partial charge in [0.1, 0.15) is 24.0 Å². The van der Waals surface area contributed by atoms with Gasteiger partial charge in [0.2, 0.25) is 5.91 Å². The number of hydrogen-bond acceptors (Lipinski definition) is 6. The molecule has 1 fully saturated rings. The number of alkyl carbamates (subject to hydrolysis) is 1. The first-order valence-electron chi connectivity index (χ1n) is 15.3. The molecule has 8 nitrogen and oxygen atoms in total. The number of amides is 2. The number of rotatable bonds is 9. The largest absolute Gasteiger partial charge is 0.497 e. The van der Waals surface area contributed by atoms with Crippen LogP contribution in [-0.4, -0.2) is 61.3 Å². The quantitative estimate of drug-likeness (QED) is 0.299. The molecule has 0 saturated heterocycles. The maximum atomic E-state index is 13.8. The number of fused-ring (bicyclic) bond motifs is 3. The van der Waals surface area contributed by atoms with Crippen molar-refractivity contribution in [2.24, 2.45) is 5.92 Å². The molecule has 3 aromatic rings. The van der Waals surface area contributed by atoms with Crippen molar-refractivity contribution in [1.29, 1.82) is 0 Å². The summed E-state index contributed by atoms with van der Waals surface area (Å²) in [6.07, 6.45) is 1.47. The average molecular weight is 599 g/mol. The summed E-state index contributed by atoms with van der Waals surface area (Å²) in [5.41, 5.74) is 4.90. The Hall–Kier alpha value is -4.33. The summed E-state index contributed by atoms with van der Waals surface area (Å²) in [5, 5.41) is 2.78. The van der Waals surface area contributed by atoms with Gasteiger partial charge in [-0.25, -0.2) is 4.79 Å². The molecule has 0 radical (unpaired) electrons. The average Bonchev–Trinajstić information content (AvgIpc) is 3.62. The third-order valence-electron chi connectivity index (χ3n) is 8.58. The second kappa shape index (κ2) is 13.1. The van der Waals surface area contributed by atoms with E-state index in [1.165, 1.54) is 22.3 Å². The monoisotopic (exact) mass is 598 g/mol. The lowest BCUT2D eigenvalue weighted by molar-refractivity contribution is -0.149. The van der Waals surface area contributed by atoms with Gasteiger partial charge in [0.15, 0.2) is 0 Å². The lowest BCUT2D eigenvalue weighted by Crippen LogP contribution is -2.51. The van der Waals surface area contributed by atoms with E-state index in [0.29, 0.717) is 25.0 Å². The van der Waals surface area contributed by atoms with Crippen LogP contribution in [0.15, 0.2) is 72.8 Å². The molecule has 1 saturated carbocycles. The minimum absolute atomic E-state index is 0.00504. The van der Waals surface area contributed by atoms with Gasteiger partial charge >= 0.3 is 12.1 Å². The van der Waals surface area contributed by atoms with Crippen molar-refractivity contribution in [3.05, 3.63) is 89.5 Å². The van der Waals surface area contributed by atoms with Crippen LogP contribution in [0, 0.1) is 5.92 Å². The summed E-state index contributed by atoms with van der Waals surface area (Å²) in [6.45, 7) is 5.62. The fourth-order valence-corrected chi connectivity index (χ4v) is 6.32. The number of methoxy groups -OCH3 is 1. The molecule has 3 aromatic carbocycles. The number of nitrogens with zero attached hydrogens (tertiary/aromatic N) is 1. The zero-order valence-corrected chi connectivity index (χ0v) is 26.2. The molecule has 8 heteroatoms. The molecule has 0 bridgehead atoms. The third-order valence-corrected chi connectivity index (χ3v) is 8.58. The summed E-state index contributed by atoms with van der Waals surface area (Å²) in [6, 6.07) is 23.0. The fraction of sp³-hybridized carbons (Fsp3) is 0.417. The van der Waals surface area contributed by atoms with Crippen LogP contribution in [0.5, 0.6) is 5.75 Å². The molecular formula is C36H42N2O6. The van der Waals surface area contributed by atoms with Gasteiger partial charge in [0.05, 0.1) is 13.0 Å². The van der Waals surface area contributed by atoms with E-state index in [0.717, 1.165) is 5.56 Å². The maximum Gasteiger partial charge on any atom is 0.408 e. The van der Waals surface area contributed by atoms with Crippen LogP contribution >= 0.6 is 0 Å². The van der Waals surface area contributed by atoms with E-state index in [4.69, 9.17) is 14.2 Å². The molecule has 5 rings (SSSR count). The van der Waals surface area contributed by atoms with Crippen molar-refractivity contribution in [1.82, 2.24) is 10.2 Å². The molecule has 232 valence electrons. The van der Waals surface area contributed by atoms with Crippen molar-refractivity contribution >= 4 is 18.0 Å². The number of ether oxygens (including phenoxy) is 3.